The van der Waals surface area contributed by atoms with Crippen LogP contribution in [0.25, 0.3) is 11.3 Å². The topological polar surface area (TPSA) is 38.9 Å². The van der Waals surface area contributed by atoms with E-state index in [4.69, 9.17) is 13.6 Å². The summed E-state index contributed by atoms with van der Waals surface area (Å²) in [5.41, 5.74) is 8.66. The SMILES string of the molecule is [B]c1ccc(-c2nc(N)sc2CC(C)C)cc1. The lowest BCUT2D eigenvalue weighted by Gasteiger charge is -2.05. The summed E-state index contributed by atoms with van der Waals surface area (Å²) in [7, 11) is 5.69. The van der Waals surface area contributed by atoms with Crippen molar-refractivity contribution in [2.75, 3.05) is 5.73 Å². The second-order valence-electron chi connectivity index (χ2n) is 4.54. The van der Waals surface area contributed by atoms with E-state index in [0.29, 0.717) is 11.0 Å². The molecule has 17 heavy (non-hydrogen) atoms. The van der Waals surface area contributed by atoms with E-state index in [1.807, 2.05) is 24.3 Å². The Morgan fingerprint density at radius 3 is 2.53 bits per heavy atom. The van der Waals surface area contributed by atoms with Gasteiger partial charge in [0, 0.05) is 10.4 Å². The molecule has 4 heteroatoms. The maximum atomic E-state index is 5.81. The van der Waals surface area contributed by atoms with E-state index in [2.05, 4.69) is 18.8 Å². The summed E-state index contributed by atoms with van der Waals surface area (Å²) < 4.78 is 0. The highest BCUT2D eigenvalue weighted by atomic mass is 32.1. The van der Waals surface area contributed by atoms with Crippen LogP contribution in [0.3, 0.4) is 0 Å². The van der Waals surface area contributed by atoms with Gasteiger partial charge in [-0.25, -0.2) is 4.98 Å². The maximum absolute atomic E-state index is 5.81. The van der Waals surface area contributed by atoms with E-state index in [1.165, 1.54) is 4.88 Å². The Balaban J connectivity index is 2.40. The molecule has 2 rings (SSSR count). The molecule has 86 valence electrons. The molecule has 2 nitrogen and oxygen atoms in total. The largest absolute Gasteiger partial charge is 0.375 e. The molecule has 0 atom stereocenters. The van der Waals surface area contributed by atoms with Crippen LogP contribution in [0.2, 0.25) is 0 Å². The first-order valence-electron chi connectivity index (χ1n) is 5.67. The molecule has 0 unspecified atom stereocenters. The van der Waals surface area contributed by atoms with Crippen LogP contribution >= 0.6 is 11.3 Å². The van der Waals surface area contributed by atoms with Gasteiger partial charge in [0.05, 0.1) is 5.69 Å². The normalized spacial score (nSPS) is 11.0. The van der Waals surface area contributed by atoms with Gasteiger partial charge in [-0.2, -0.15) is 0 Å². The molecule has 0 saturated heterocycles. The fourth-order valence-electron chi connectivity index (χ4n) is 1.75. The molecule has 2 aromatic rings. The molecule has 0 spiro atoms. The highest BCUT2D eigenvalue weighted by Gasteiger charge is 2.12. The lowest BCUT2D eigenvalue weighted by atomic mass is 9.94. The Bertz CT molecular complexity index is 503. The zero-order valence-corrected chi connectivity index (χ0v) is 10.9. The third-order valence-electron chi connectivity index (χ3n) is 2.49. The number of benzene rings is 1. The van der Waals surface area contributed by atoms with Crippen LogP contribution in [0.5, 0.6) is 0 Å². The second-order valence-corrected chi connectivity index (χ2v) is 5.66. The average molecular weight is 242 g/mol. The predicted molar refractivity (Wildman–Crippen MR) is 75.9 cm³/mol. The molecule has 0 fully saturated rings. The highest BCUT2D eigenvalue weighted by molar-refractivity contribution is 7.15. The van der Waals surface area contributed by atoms with E-state index in [9.17, 15) is 0 Å². The van der Waals surface area contributed by atoms with Crippen LogP contribution in [-0.4, -0.2) is 12.8 Å². The average Bonchev–Trinajstić information content (AvgIpc) is 2.59. The Kier molecular flexibility index (Phi) is 3.53. The summed E-state index contributed by atoms with van der Waals surface area (Å²) in [6, 6.07) is 7.77. The Labute approximate surface area is 107 Å². The van der Waals surface area contributed by atoms with Gasteiger partial charge in [0.25, 0.3) is 0 Å². The van der Waals surface area contributed by atoms with Gasteiger partial charge in [0.15, 0.2) is 5.13 Å². The number of rotatable bonds is 3. The summed E-state index contributed by atoms with van der Waals surface area (Å²) in [5.74, 6) is 0.599. The van der Waals surface area contributed by atoms with Gasteiger partial charge in [-0.05, 0) is 12.3 Å². The second kappa shape index (κ2) is 4.92. The summed E-state index contributed by atoms with van der Waals surface area (Å²) in [6.45, 7) is 4.39. The van der Waals surface area contributed by atoms with Gasteiger partial charge < -0.3 is 5.73 Å². The maximum Gasteiger partial charge on any atom is 0.180 e. The molecule has 0 saturated carbocycles. The lowest BCUT2D eigenvalue weighted by molar-refractivity contribution is 0.654. The fourth-order valence-corrected chi connectivity index (χ4v) is 2.81. The van der Waals surface area contributed by atoms with Gasteiger partial charge in [-0.1, -0.05) is 43.6 Å². The number of hydrogen-bond acceptors (Lipinski definition) is 3. The van der Waals surface area contributed by atoms with E-state index in [-0.39, 0.29) is 0 Å². The van der Waals surface area contributed by atoms with Crippen molar-refractivity contribution in [3.05, 3.63) is 29.1 Å². The minimum absolute atomic E-state index is 0.599. The van der Waals surface area contributed by atoms with Crippen LogP contribution in [0.4, 0.5) is 5.13 Å². The Morgan fingerprint density at radius 1 is 1.29 bits per heavy atom. The van der Waals surface area contributed by atoms with Crippen molar-refractivity contribution in [3.63, 3.8) is 0 Å². The van der Waals surface area contributed by atoms with Gasteiger partial charge in [0.2, 0.25) is 0 Å². The summed E-state index contributed by atoms with van der Waals surface area (Å²) in [6.07, 6.45) is 1.01. The van der Waals surface area contributed by atoms with Crippen molar-refractivity contribution in [1.29, 1.82) is 0 Å². The smallest absolute Gasteiger partial charge is 0.180 e. The van der Waals surface area contributed by atoms with Crippen molar-refractivity contribution >= 4 is 29.8 Å². The number of anilines is 1. The van der Waals surface area contributed by atoms with E-state index < -0.39 is 0 Å². The third kappa shape index (κ3) is 2.89. The number of nitrogen functional groups attached to an aromatic ring is 1. The van der Waals surface area contributed by atoms with Crippen molar-refractivity contribution < 1.29 is 0 Å². The first-order valence-corrected chi connectivity index (χ1v) is 6.49. The van der Waals surface area contributed by atoms with Crippen molar-refractivity contribution in [2.45, 2.75) is 20.3 Å². The number of nitrogens with two attached hydrogens (primary N) is 1. The van der Waals surface area contributed by atoms with Gasteiger partial charge in [0.1, 0.15) is 7.85 Å². The molecule has 0 amide bonds. The van der Waals surface area contributed by atoms with Crippen LogP contribution in [0.15, 0.2) is 24.3 Å². The van der Waals surface area contributed by atoms with Gasteiger partial charge in [-0.15, -0.1) is 11.3 Å². The molecule has 1 aromatic heterocycles. The van der Waals surface area contributed by atoms with Crippen LogP contribution in [0.1, 0.15) is 18.7 Å². The third-order valence-corrected chi connectivity index (χ3v) is 3.40. The first kappa shape index (κ1) is 12.2. The monoisotopic (exact) mass is 242 g/mol. The van der Waals surface area contributed by atoms with E-state index in [1.54, 1.807) is 11.3 Å². The lowest BCUT2D eigenvalue weighted by Crippen LogP contribution is -2.00. The standard InChI is InChI=1S/C13H15BN2S/c1-8(2)7-11-12(16-13(15)17-11)9-3-5-10(14)6-4-9/h3-6,8H,7H2,1-2H3,(H2,15,16). The molecule has 2 N–H and O–H groups in total. The minimum atomic E-state index is 0.599. The molecule has 0 aliphatic carbocycles. The molecule has 0 aliphatic heterocycles. The minimum Gasteiger partial charge on any atom is -0.375 e. The number of aromatic nitrogens is 1. The zero-order chi connectivity index (χ0) is 12.4. The molecular weight excluding hydrogens is 227 g/mol. The van der Waals surface area contributed by atoms with E-state index >= 15 is 0 Å². The van der Waals surface area contributed by atoms with Crippen molar-refractivity contribution in [2.24, 2.45) is 5.92 Å². The van der Waals surface area contributed by atoms with Crippen LogP contribution < -0.4 is 11.2 Å². The number of hydrogen-bond donors (Lipinski definition) is 1. The highest BCUT2D eigenvalue weighted by Crippen LogP contribution is 2.31. The molecule has 0 bridgehead atoms. The van der Waals surface area contributed by atoms with Crippen LogP contribution in [-0.2, 0) is 6.42 Å². The quantitative estimate of drug-likeness (QED) is 0.839. The molecular formula is C13H15BN2S. The van der Waals surface area contributed by atoms with E-state index in [0.717, 1.165) is 23.1 Å². The molecule has 1 heterocycles. The zero-order valence-electron chi connectivity index (χ0n) is 10.1. The molecule has 2 radical (unpaired) electrons. The summed E-state index contributed by atoms with van der Waals surface area (Å²) in [5, 5.41) is 0.632. The van der Waals surface area contributed by atoms with Crippen LogP contribution in [0, 0.1) is 5.92 Å². The molecule has 0 aliphatic rings. The Hall–Kier alpha value is -1.29. The number of thiazole rings is 1. The molecule has 1 aromatic carbocycles. The summed E-state index contributed by atoms with van der Waals surface area (Å²) >= 11 is 1.58. The first-order chi connectivity index (χ1) is 8.06. The summed E-state index contributed by atoms with van der Waals surface area (Å²) in [4.78, 5) is 5.67. The van der Waals surface area contributed by atoms with Crippen molar-refractivity contribution in [1.82, 2.24) is 4.98 Å². The van der Waals surface area contributed by atoms with Gasteiger partial charge in [-0.3, -0.25) is 0 Å². The Morgan fingerprint density at radius 2 is 1.94 bits per heavy atom. The predicted octanol–water partition coefficient (Wildman–Crippen LogP) is 2.38. The van der Waals surface area contributed by atoms with Gasteiger partial charge >= 0.3 is 0 Å². The van der Waals surface area contributed by atoms with Crippen molar-refractivity contribution in [3.8, 4) is 11.3 Å². The fraction of sp³-hybridized carbons (Fsp3) is 0.308. The number of nitrogens with zero attached hydrogens (tertiary/aromatic N) is 1.